The van der Waals surface area contributed by atoms with Crippen LogP contribution in [0.4, 0.5) is 5.69 Å². The molecule has 2 heteroatoms. The smallest absolute Gasteiger partial charge is 0.0369 e. The average Bonchev–Trinajstić information content (AvgIpc) is 2.48. The molecule has 0 N–H and O–H groups in total. The van der Waals surface area contributed by atoms with Crippen LogP contribution >= 0.6 is 0 Å². The number of rotatable bonds is 5. The van der Waals surface area contributed by atoms with Gasteiger partial charge in [0.25, 0.3) is 0 Å². The van der Waals surface area contributed by atoms with Crippen LogP contribution in [-0.4, -0.2) is 37.1 Å². The summed E-state index contributed by atoms with van der Waals surface area (Å²) in [5.74, 6) is 0.849. The summed E-state index contributed by atoms with van der Waals surface area (Å²) in [6, 6.07) is 7.60. The molecule has 2 nitrogen and oxygen atoms in total. The van der Waals surface area contributed by atoms with Gasteiger partial charge in [-0.2, -0.15) is 0 Å². The van der Waals surface area contributed by atoms with Gasteiger partial charge in [-0.25, -0.2) is 0 Å². The number of anilines is 1. The predicted molar refractivity (Wildman–Crippen MR) is 93.2 cm³/mol. The van der Waals surface area contributed by atoms with Crippen molar-refractivity contribution >= 4 is 5.69 Å². The summed E-state index contributed by atoms with van der Waals surface area (Å²) in [5.41, 5.74) is 4.19. The monoisotopic (exact) mass is 288 g/mol. The van der Waals surface area contributed by atoms with Crippen LogP contribution in [0.2, 0.25) is 0 Å². The molecule has 0 aromatic heterocycles. The molecular formula is C19H32N2. The zero-order valence-corrected chi connectivity index (χ0v) is 14.5. The van der Waals surface area contributed by atoms with E-state index in [0.717, 1.165) is 12.5 Å². The van der Waals surface area contributed by atoms with E-state index in [2.05, 4.69) is 62.6 Å². The van der Waals surface area contributed by atoms with Gasteiger partial charge in [-0.1, -0.05) is 6.07 Å². The van der Waals surface area contributed by atoms with E-state index in [4.69, 9.17) is 0 Å². The van der Waals surface area contributed by atoms with E-state index in [-0.39, 0.29) is 0 Å². The molecule has 0 saturated carbocycles. The summed E-state index contributed by atoms with van der Waals surface area (Å²) < 4.78 is 0. The number of hydrogen-bond acceptors (Lipinski definition) is 2. The molecule has 1 fully saturated rings. The first-order chi connectivity index (χ1) is 10.0. The number of hydrogen-bond donors (Lipinski definition) is 0. The first-order valence-corrected chi connectivity index (χ1v) is 8.57. The van der Waals surface area contributed by atoms with E-state index in [1.54, 1.807) is 0 Å². The van der Waals surface area contributed by atoms with Gasteiger partial charge in [0.1, 0.15) is 0 Å². The molecule has 0 amide bonds. The number of aryl methyl sites for hydroxylation is 2. The van der Waals surface area contributed by atoms with Gasteiger partial charge in [0.15, 0.2) is 0 Å². The predicted octanol–water partition coefficient (Wildman–Crippen LogP) is 4.25. The van der Waals surface area contributed by atoms with Crippen LogP contribution in [0.25, 0.3) is 0 Å². The van der Waals surface area contributed by atoms with E-state index >= 15 is 0 Å². The third kappa shape index (κ3) is 4.23. The Morgan fingerprint density at radius 1 is 1.14 bits per heavy atom. The normalized spacial score (nSPS) is 17.4. The number of benzene rings is 1. The zero-order valence-electron chi connectivity index (χ0n) is 14.5. The van der Waals surface area contributed by atoms with Gasteiger partial charge in [0.2, 0.25) is 0 Å². The van der Waals surface area contributed by atoms with Crippen LogP contribution in [0.1, 0.15) is 44.7 Å². The van der Waals surface area contributed by atoms with Gasteiger partial charge in [0.05, 0.1) is 0 Å². The molecule has 0 unspecified atom stereocenters. The fourth-order valence-electron chi connectivity index (χ4n) is 3.30. The lowest BCUT2D eigenvalue weighted by molar-refractivity contribution is 0.151. The van der Waals surface area contributed by atoms with Gasteiger partial charge < -0.3 is 9.80 Å². The maximum absolute atomic E-state index is 2.61. The Balaban J connectivity index is 1.95. The van der Waals surface area contributed by atoms with Crippen LogP contribution in [0.15, 0.2) is 18.2 Å². The molecule has 1 aliphatic heterocycles. The molecule has 1 aliphatic rings. The average molecular weight is 288 g/mol. The molecule has 0 atom stereocenters. The van der Waals surface area contributed by atoms with Crippen LogP contribution < -0.4 is 4.90 Å². The summed E-state index contributed by atoms with van der Waals surface area (Å²) in [5, 5.41) is 0. The van der Waals surface area contributed by atoms with E-state index < -0.39 is 0 Å². The highest BCUT2D eigenvalue weighted by Crippen LogP contribution is 2.24. The van der Waals surface area contributed by atoms with Crippen molar-refractivity contribution in [3.8, 4) is 0 Å². The Morgan fingerprint density at radius 3 is 2.33 bits per heavy atom. The zero-order chi connectivity index (χ0) is 15.4. The van der Waals surface area contributed by atoms with Crippen molar-refractivity contribution in [2.45, 2.75) is 53.5 Å². The third-order valence-corrected chi connectivity index (χ3v) is 5.10. The molecule has 0 aliphatic carbocycles. The molecule has 118 valence electrons. The molecule has 1 heterocycles. The quantitative estimate of drug-likeness (QED) is 0.799. The fourth-order valence-corrected chi connectivity index (χ4v) is 3.30. The van der Waals surface area contributed by atoms with Crippen molar-refractivity contribution in [1.82, 2.24) is 4.90 Å². The summed E-state index contributed by atoms with van der Waals surface area (Å²) >= 11 is 0. The van der Waals surface area contributed by atoms with E-state index in [1.807, 2.05) is 0 Å². The minimum absolute atomic E-state index is 0.702. The summed E-state index contributed by atoms with van der Waals surface area (Å²) in [6.07, 6.45) is 2.69. The van der Waals surface area contributed by atoms with Crippen molar-refractivity contribution in [1.29, 1.82) is 0 Å². The lowest BCUT2D eigenvalue weighted by Crippen LogP contribution is -2.41. The largest absolute Gasteiger partial charge is 0.372 e. The Kier molecular flexibility index (Phi) is 5.69. The van der Waals surface area contributed by atoms with Crippen molar-refractivity contribution in [3.05, 3.63) is 29.3 Å². The molecule has 1 aromatic rings. The molecular weight excluding hydrogens is 256 g/mol. The van der Waals surface area contributed by atoms with Crippen LogP contribution in [-0.2, 0) is 0 Å². The highest BCUT2D eigenvalue weighted by Gasteiger charge is 2.22. The van der Waals surface area contributed by atoms with Gasteiger partial charge in [-0.05, 0) is 89.7 Å². The topological polar surface area (TPSA) is 6.48 Å². The second-order valence-corrected chi connectivity index (χ2v) is 6.88. The Hall–Kier alpha value is -1.02. The van der Waals surface area contributed by atoms with E-state index in [1.165, 1.54) is 49.3 Å². The Labute approximate surface area is 131 Å². The molecule has 21 heavy (non-hydrogen) atoms. The molecule has 2 rings (SSSR count). The molecule has 1 aromatic carbocycles. The standard InChI is InChI=1S/C19H32N2/c1-6-20(19-8-7-16(4)17(5)13-19)14-18-9-11-21(12-10-18)15(2)3/h7-8,13,15,18H,6,9-12,14H2,1-5H3. The molecule has 0 spiro atoms. The Morgan fingerprint density at radius 2 is 1.81 bits per heavy atom. The first kappa shape index (κ1) is 16.4. The van der Waals surface area contributed by atoms with Crippen LogP contribution in [0.5, 0.6) is 0 Å². The number of piperidine rings is 1. The van der Waals surface area contributed by atoms with Crippen molar-refractivity contribution in [3.63, 3.8) is 0 Å². The summed E-state index contributed by atoms with van der Waals surface area (Å²) in [4.78, 5) is 5.17. The molecule has 1 saturated heterocycles. The minimum atomic E-state index is 0.702. The van der Waals surface area contributed by atoms with Crippen molar-refractivity contribution in [2.75, 3.05) is 31.1 Å². The van der Waals surface area contributed by atoms with E-state index in [9.17, 15) is 0 Å². The number of likely N-dealkylation sites (tertiary alicyclic amines) is 1. The lowest BCUT2D eigenvalue weighted by atomic mass is 9.95. The fraction of sp³-hybridized carbons (Fsp3) is 0.684. The third-order valence-electron chi connectivity index (χ3n) is 5.10. The highest BCUT2D eigenvalue weighted by molar-refractivity contribution is 5.50. The summed E-state index contributed by atoms with van der Waals surface area (Å²) in [7, 11) is 0. The van der Waals surface area contributed by atoms with Crippen LogP contribution in [0.3, 0.4) is 0 Å². The maximum atomic E-state index is 2.61. The van der Waals surface area contributed by atoms with Gasteiger partial charge in [-0.3, -0.25) is 0 Å². The second kappa shape index (κ2) is 7.31. The number of nitrogens with zero attached hydrogens (tertiary/aromatic N) is 2. The highest BCUT2D eigenvalue weighted by atomic mass is 15.2. The van der Waals surface area contributed by atoms with Gasteiger partial charge in [0, 0.05) is 24.8 Å². The minimum Gasteiger partial charge on any atom is -0.372 e. The van der Waals surface area contributed by atoms with Crippen molar-refractivity contribution in [2.24, 2.45) is 5.92 Å². The SMILES string of the molecule is CCN(CC1CCN(C(C)C)CC1)c1ccc(C)c(C)c1. The van der Waals surface area contributed by atoms with Gasteiger partial charge >= 0.3 is 0 Å². The second-order valence-electron chi connectivity index (χ2n) is 6.88. The maximum Gasteiger partial charge on any atom is 0.0369 e. The van der Waals surface area contributed by atoms with Crippen LogP contribution in [0, 0.1) is 19.8 Å². The molecule has 0 bridgehead atoms. The van der Waals surface area contributed by atoms with E-state index in [0.29, 0.717) is 6.04 Å². The van der Waals surface area contributed by atoms with Gasteiger partial charge in [-0.15, -0.1) is 0 Å². The lowest BCUT2D eigenvalue weighted by Gasteiger charge is -2.37. The Bertz CT molecular complexity index is 445. The summed E-state index contributed by atoms with van der Waals surface area (Å²) in [6.45, 7) is 16.2. The molecule has 0 radical (unpaired) electrons. The van der Waals surface area contributed by atoms with Crippen molar-refractivity contribution < 1.29 is 0 Å². The first-order valence-electron chi connectivity index (χ1n) is 8.57.